The molecule has 0 unspecified atom stereocenters. The van der Waals surface area contributed by atoms with Gasteiger partial charge in [-0.1, -0.05) is 12.1 Å². The van der Waals surface area contributed by atoms with Crippen LogP contribution in [0.5, 0.6) is 5.75 Å². The highest BCUT2D eigenvalue weighted by atomic mass is 16.5. The maximum absolute atomic E-state index is 7.49. The standard InChI is InChI=1S/C10H12N6O/c1-17-7-5-3-2-4-6(7)13-14-8-9(11)15-16-10(8)12/h2-5,13H,1H3,(H4,11,12,14,15,16). The molecule has 1 aromatic rings. The lowest BCUT2D eigenvalue weighted by molar-refractivity contribution is 0.416. The summed E-state index contributed by atoms with van der Waals surface area (Å²) in [6, 6.07) is 7.31. The van der Waals surface area contributed by atoms with Crippen molar-refractivity contribution in [2.75, 3.05) is 12.5 Å². The summed E-state index contributed by atoms with van der Waals surface area (Å²) >= 11 is 0. The molecule has 0 saturated carbocycles. The number of rotatable bonds is 3. The Balaban J connectivity index is 2.19. The van der Waals surface area contributed by atoms with Crippen molar-refractivity contribution < 1.29 is 4.74 Å². The van der Waals surface area contributed by atoms with Crippen molar-refractivity contribution in [2.45, 2.75) is 0 Å². The number of hydrazone groups is 2. The third-order valence-electron chi connectivity index (χ3n) is 2.16. The summed E-state index contributed by atoms with van der Waals surface area (Å²) in [6.07, 6.45) is 0. The fraction of sp³-hybridized carbons (Fsp3) is 0.100. The quantitative estimate of drug-likeness (QED) is 0.562. The van der Waals surface area contributed by atoms with Gasteiger partial charge in [0.05, 0.1) is 12.8 Å². The summed E-state index contributed by atoms with van der Waals surface area (Å²) in [5, 5.41) is 15.2. The van der Waals surface area contributed by atoms with Crippen molar-refractivity contribution in [3.8, 4) is 5.75 Å². The van der Waals surface area contributed by atoms with Crippen molar-refractivity contribution in [1.82, 2.24) is 5.43 Å². The second-order valence-electron chi connectivity index (χ2n) is 3.26. The van der Waals surface area contributed by atoms with E-state index in [-0.39, 0.29) is 17.4 Å². The summed E-state index contributed by atoms with van der Waals surface area (Å²) in [5.41, 5.74) is 11.7. The Morgan fingerprint density at radius 2 is 2.24 bits per heavy atom. The van der Waals surface area contributed by atoms with Gasteiger partial charge in [0.25, 0.3) is 0 Å². The van der Waals surface area contributed by atoms with Crippen molar-refractivity contribution >= 4 is 23.1 Å². The highest BCUT2D eigenvalue weighted by Crippen LogP contribution is 2.22. The smallest absolute Gasteiger partial charge is 0.175 e. The lowest BCUT2D eigenvalue weighted by atomic mass is 10.3. The molecule has 1 heterocycles. The van der Waals surface area contributed by atoms with Crippen molar-refractivity contribution in [3.05, 3.63) is 24.3 Å². The Morgan fingerprint density at radius 1 is 1.47 bits per heavy atom. The molecule has 2 rings (SSSR count). The van der Waals surface area contributed by atoms with Gasteiger partial charge < -0.3 is 10.5 Å². The minimum atomic E-state index is 0.0601. The SMILES string of the molecule is COc1ccccc1N/N=C1\C(=N)NN=C1N. The van der Waals surface area contributed by atoms with Gasteiger partial charge >= 0.3 is 0 Å². The van der Waals surface area contributed by atoms with Gasteiger partial charge in [0.15, 0.2) is 17.4 Å². The first-order chi connectivity index (χ1) is 8.22. The number of nitrogens with two attached hydrogens (primary N) is 1. The van der Waals surface area contributed by atoms with E-state index < -0.39 is 0 Å². The predicted molar refractivity (Wildman–Crippen MR) is 66.5 cm³/mol. The number of anilines is 1. The largest absolute Gasteiger partial charge is 0.495 e. The van der Waals surface area contributed by atoms with E-state index in [1.165, 1.54) is 0 Å². The van der Waals surface area contributed by atoms with E-state index in [1.807, 2.05) is 18.2 Å². The second-order valence-corrected chi connectivity index (χ2v) is 3.26. The predicted octanol–water partition coefficient (Wildman–Crippen LogP) is 0.316. The van der Waals surface area contributed by atoms with Crippen LogP contribution in [0.4, 0.5) is 5.69 Å². The van der Waals surface area contributed by atoms with Gasteiger partial charge in [-0.15, -0.1) is 0 Å². The van der Waals surface area contributed by atoms with Crippen molar-refractivity contribution in [1.29, 1.82) is 5.41 Å². The molecule has 1 aliphatic rings. The average molecular weight is 232 g/mol. The van der Waals surface area contributed by atoms with Gasteiger partial charge in [-0.25, -0.2) is 0 Å². The highest BCUT2D eigenvalue weighted by Gasteiger charge is 2.18. The summed E-state index contributed by atoms with van der Waals surface area (Å²) in [6.45, 7) is 0. The van der Waals surface area contributed by atoms with E-state index in [0.29, 0.717) is 11.4 Å². The van der Waals surface area contributed by atoms with E-state index in [9.17, 15) is 0 Å². The molecule has 88 valence electrons. The fourth-order valence-electron chi connectivity index (χ4n) is 1.32. The molecule has 17 heavy (non-hydrogen) atoms. The number of hydrogen-bond donors (Lipinski definition) is 4. The summed E-state index contributed by atoms with van der Waals surface area (Å²) in [7, 11) is 1.57. The summed E-state index contributed by atoms with van der Waals surface area (Å²) in [5.74, 6) is 0.896. The van der Waals surface area contributed by atoms with E-state index in [4.69, 9.17) is 15.9 Å². The number of methoxy groups -OCH3 is 1. The second kappa shape index (κ2) is 4.52. The molecule has 7 heteroatoms. The van der Waals surface area contributed by atoms with Crippen LogP contribution in [0.1, 0.15) is 0 Å². The molecular formula is C10H12N6O. The number of para-hydroxylation sites is 2. The fourth-order valence-corrected chi connectivity index (χ4v) is 1.32. The molecule has 5 N–H and O–H groups in total. The van der Waals surface area contributed by atoms with E-state index in [0.717, 1.165) is 0 Å². The number of nitrogens with one attached hydrogen (secondary N) is 3. The lowest BCUT2D eigenvalue weighted by Gasteiger charge is -2.07. The van der Waals surface area contributed by atoms with Crippen LogP contribution in [-0.2, 0) is 0 Å². The maximum atomic E-state index is 7.49. The molecule has 0 radical (unpaired) electrons. The minimum absolute atomic E-state index is 0.0601. The van der Waals surface area contributed by atoms with Crippen LogP contribution in [0.15, 0.2) is 34.5 Å². The van der Waals surface area contributed by atoms with Crippen LogP contribution in [-0.4, -0.2) is 24.5 Å². The van der Waals surface area contributed by atoms with Crippen LogP contribution in [0.2, 0.25) is 0 Å². The van der Waals surface area contributed by atoms with Crippen molar-refractivity contribution in [3.63, 3.8) is 0 Å². The molecule has 0 saturated heterocycles. The van der Waals surface area contributed by atoms with Gasteiger partial charge in [0.1, 0.15) is 5.75 Å². The third-order valence-corrected chi connectivity index (χ3v) is 2.16. The Labute approximate surface area is 97.9 Å². The van der Waals surface area contributed by atoms with Crippen LogP contribution in [0, 0.1) is 5.41 Å². The Kier molecular flexibility index (Phi) is 2.91. The Bertz CT molecular complexity index is 507. The number of ether oxygens (including phenoxy) is 1. The molecule has 0 aliphatic carbocycles. The number of amidine groups is 2. The zero-order valence-electron chi connectivity index (χ0n) is 9.19. The lowest BCUT2D eigenvalue weighted by Crippen LogP contribution is -2.28. The highest BCUT2D eigenvalue weighted by molar-refractivity contribution is 6.68. The third kappa shape index (κ3) is 2.17. The number of hydrogen-bond acceptors (Lipinski definition) is 6. The van der Waals surface area contributed by atoms with E-state index >= 15 is 0 Å². The topological polar surface area (TPSA) is 108 Å². The normalized spacial score (nSPS) is 16.6. The first-order valence-corrected chi connectivity index (χ1v) is 4.87. The molecule has 7 nitrogen and oxygen atoms in total. The first kappa shape index (κ1) is 10.9. The molecule has 0 spiro atoms. The van der Waals surface area contributed by atoms with Crippen LogP contribution < -0.4 is 21.3 Å². The molecule has 0 amide bonds. The van der Waals surface area contributed by atoms with Gasteiger partial charge in [0, 0.05) is 0 Å². The van der Waals surface area contributed by atoms with Gasteiger partial charge in [0.2, 0.25) is 0 Å². The summed E-state index contributed by atoms with van der Waals surface area (Å²) < 4.78 is 5.15. The van der Waals surface area contributed by atoms with Gasteiger partial charge in [-0.2, -0.15) is 10.2 Å². The molecule has 1 aliphatic heterocycles. The van der Waals surface area contributed by atoms with Crippen LogP contribution in [0.3, 0.4) is 0 Å². The summed E-state index contributed by atoms with van der Waals surface area (Å²) in [4.78, 5) is 0. The van der Waals surface area contributed by atoms with E-state index in [1.54, 1.807) is 13.2 Å². The molecule has 0 bridgehead atoms. The Morgan fingerprint density at radius 3 is 2.88 bits per heavy atom. The van der Waals surface area contributed by atoms with Crippen molar-refractivity contribution in [2.24, 2.45) is 15.9 Å². The minimum Gasteiger partial charge on any atom is -0.495 e. The Hall–Kier alpha value is -2.57. The number of nitrogens with zero attached hydrogens (tertiary/aromatic N) is 2. The molecule has 0 atom stereocenters. The van der Waals surface area contributed by atoms with Crippen LogP contribution >= 0.6 is 0 Å². The monoisotopic (exact) mass is 232 g/mol. The molecule has 0 fully saturated rings. The molecular weight excluding hydrogens is 220 g/mol. The zero-order valence-corrected chi connectivity index (χ0v) is 9.19. The van der Waals surface area contributed by atoms with Gasteiger partial charge in [-0.3, -0.25) is 16.3 Å². The first-order valence-electron chi connectivity index (χ1n) is 4.87. The van der Waals surface area contributed by atoms with Crippen LogP contribution in [0.25, 0.3) is 0 Å². The number of benzene rings is 1. The van der Waals surface area contributed by atoms with Gasteiger partial charge in [-0.05, 0) is 12.1 Å². The average Bonchev–Trinajstić information content (AvgIpc) is 2.67. The van der Waals surface area contributed by atoms with E-state index in [2.05, 4.69) is 21.1 Å². The maximum Gasteiger partial charge on any atom is 0.175 e. The molecule has 0 aromatic heterocycles. The zero-order chi connectivity index (χ0) is 12.3. The molecule has 1 aromatic carbocycles.